The van der Waals surface area contributed by atoms with Gasteiger partial charge in [0, 0.05) is 16.6 Å². The minimum Gasteiger partial charge on any atom is -0.461 e. The monoisotopic (exact) mass is 333 g/mol. The summed E-state index contributed by atoms with van der Waals surface area (Å²) >= 11 is 3.36. The normalized spacial score (nSPS) is 10.2. The van der Waals surface area contributed by atoms with Crippen LogP contribution in [0.25, 0.3) is 0 Å². The van der Waals surface area contributed by atoms with Crippen molar-refractivity contribution in [3.63, 3.8) is 0 Å². The van der Waals surface area contributed by atoms with Crippen LogP contribution in [-0.2, 0) is 22.6 Å². The Morgan fingerprint density at radius 1 is 1.10 bits per heavy atom. The number of halogens is 1. The molecule has 0 amide bonds. The molecule has 0 aromatic heterocycles. The summed E-state index contributed by atoms with van der Waals surface area (Å²) in [4.78, 5) is 11.7. The van der Waals surface area contributed by atoms with Crippen LogP contribution in [0.5, 0.6) is 0 Å². The predicted molar refractivity (Wildman–Crippen MR) is 83.1 cm³/mol. The third-order valence-corrected chi connectivity index (χ3v) is 3.41. The molecular weight excluding hydrogens is 318 g/mol. The number of anilines is 1. The van der Waals surface area contributed by atoms with Crippen molar-refractivity contribution in [3.05, 3.63) is 64.1 Å². The van der Waals surface area contributed by atoms with E-state index in [4.69, 9.17) is 10.5 Å². The Morgan fingerprint density at radius 2 is 1.85 bits per heavy atom. The third-order valence-electron chi connectivity index (χ3n) is 2.88. The van der Waals surface area contributed by atoms with E-state index in [-0.39, 0.29) is 5.97 Å². The van der Waals surface area contributed by atoms with E-state index in [1.807, 2.05) is 48.5 Å². The van der Waals surface area contributed by atoms with Gasteiger partial charge in [0.25, 0.3) is 0 Å². The molecule has 0 fully saturated rings. The molecule has 0 spiro atoms. The van der Waals surface area contributed by atoms with Gasteiger partial charge in [0.2, 0.25) is 0 Å². The van der Waals surface area contributed by atoms with Crippen molar-refractivity contribution in [1.29, 1.82) is 0 Å². The second-order valence-corrected chi connectivity index (χ2v) is 5.45. The van der Waals surface area contributed by atoms with Gasteiger partial charge in [-0.2, -0.15) is 0 Å². The number of aryl methyl sites for hydroxylation is 1. The predicted octanol–water partition coefficient (Wildman–Crippen LogP) is 3.71. The molecule has 20 heavy (non-hydrogen) atoms. The van der Waals surface area contributed by atoms with Crippen molar-refractivity contribution in [3.8, 4) is 0 Å². The molecule has 2 rings (SSSR count). The fourth-order valence-corrected chi connectivity index (χ4v) is 2.08. The van der Waals surface area contributed by atoms with Crippen LogP contribution in [0, 0.1) is 0 Å². The summed E-state index contributed by atoms with van der Waals surface area (Å²) in [6, 6.07) is 15.3. The van der Waals surface area contributed by atoms with Gasteiger partial charge in [-0.05, 0) is 41.8 Å². The van der Waals surface area contributed by atoms with Crippen LogP contribution in [0.15, 0.2) is 53.0 Å². The molecule has 104 valence electrons. The van der Waals surface area contributed by atoms with Crippen LogP contribution < -0.4 is 5.73 Å². The quantitative estimate of drug-likeness (QED) is 0.670. The van der Waals surface area contributed by atoms with Gasteiger partial charge in [0.05, 0.1) is 0 Å². The number of esters is 1. The number of hydrogen-bond donors (Lipinski definition) is 1. The Labute approximate surface area is 126 Å². The van der Waals surface area contributed by atoms with Gasteiger partial charge in [-0.3, -0.25) is 4.79 Å². The highest BCUT2D eigenvalue weighted by atomic mass is 79.9. The zero-order valence-corrected chi connectivity index (χ0v) is 12.6. The first-order chi connectivity index (χ1) is 9.63. The van der Waals surface area contributed by atoms with Crippen LogP contribution in [0.4, 0.5) is 5.69 Å². The van der Waals surface area contributed by atoms with Crippen LogP contribution >= 0.6 is 15.9 Å². The molecule has 3 nitrogen and oxygen atoms in total. The Balaban J connectivity index is 1.77. The van der Waals surface area contributed by atoms with E-state index in [0.29, 0.717) is 25.1 Å². The minimum atomic E-state index is -0.199. The lowest BCUT2D eigenvalue weighted by atomic mass is 10.1. The number of ether oxygens (including phenoxy) is 1. The van der Waals surface area contributed by atoms with Crippen LogP contribution in [0.1, 0.15) is 17.5 Å². The van der Waals surface area contributed by atoms with Crippen molar-refractivity contribution in [2.75, 3.05) is 5.73 Å². The molecule has 0 aliphatic rings. The Hall–Kier alpha value is -1.81. The van der Waals surface area contributed by atoms with Gasteiger partial charge in [-0.25, -0.2) is 0 Å². The average molecular weight is 334 g/mol. The van der Waals surface area contributed by atoms with Gasteiger partial charge in [0.1, 0.15) is 6.61 Å². The Bertz CT molecular complexity index is 581. The van der Waals surface area contributed by atoms with Crippen molar-refractivity contribution >= 4 is 27.6 Å². The molecule has 2 aromatic carbocycles. The number of nitrogen functional groups attached to an aromatic ring is 1. The smallest absolute Gasteiger partial charge is 0.306 e. The maximum Gasteiger partial charge on any atom is 0.306 e. The summed E-state index contributed by atoms with van der Waals surface area (Å²) in [7, 11) is 0. The summed E-state index contributed by atoms with van der Waals surface area (Å²) in [6.07, 6.45) is 1.00. The SMILES string of the molecule is Nc1cccc(CCC(=O)OCc2ccc(Br)cc2)c1. The summed E-state index contributed by atoms with van der Waals surface area (Å²) in [6.45, 7) is 0.309. The van der Waals surface area contributed by atoms with Crippen molar-refractivity contribution in [2.24, 2.45) is 0 Å². The largest absolute Gasteiger partial charge is 0.461 e. The van der Waals surface area contributed by atoms with Gasteiger partial charge in [-0.1, -0.05) is 40.2 Å². The molecule has 0 atom stereocenters. The lowest BCUT2D eigenvalue weighted by Crippen LogP contribution is -2.06. The average Bonchev–Trinajstić information content (AvgIpc) is 2.45. The van der Waals surface area contributed by atoms with E-state index in [2.05, 4.69) is 15.9 Å². The molecule has 0 aliphatic heterocycles. The summed E-state index contributed by atoms with van der Waals surface area (Å²) in [5, 5.41) is 0. The lowest BCUT2D eigenvalue weighted by molar-refractivity contribution is -0.144. The standard InChI is InChI=1S/C16H16BrNO2/c17-14-7-4-13(5-8-14)11-20-16(19)9-6-12-2-1-3-15(18)10-12/h1-5,7-8,10H,6,9,11,18H2. The Kier molecular flexibility index (Phi) is 5.18. The van der Waals surface area contributed by atoms with Crippen LogP contribution in [0.3, 0.4) is 0 Å². The van der Waals surface area contributed by atoms with E-state index in [0.717, 1.165) is 15.6 Å². The van der Waals surface area contributed by atoms with Gasteiger partial charge >= 0.3 is 5.97 Å². The highest BCUT2D eigenvalue weighted by Crippen LogP contribution is 2.12. The Morgan fingerprint density at radius 3 is 2.55 bits per heavy atom. The number of hydrogen-bond acceptors (Lipinski definition) is 3. The number of carbonyl (C=O) groups excluding carboxylic acids is 1. The van der Waals surface area contributed by atoms with Crippen LogP contribution in [0.2, 0.25) is 0 Å². The van der Waals surface area contributed by atoms with Gasteiger partial charge in [-0.15, -0.1) is 0 Å². The van der Waals surface area contributed by atoms with Crippen molar-refractivity contribution in [2.45, 2.75) is 19.4 Å². The second kappa shape index (κ2) is 7.10. The minimum absolute atomic E-state index is 0.199. The molecule has 0 aliphatic carbocycles. The van der Waals surface area contributed by atoms with E-state index >= 15 is 0 Å². The second-order valence-electron chi connectivity index (χ2n) is 4.53. The maximum absolute atomic E-state index is 11.7. The first kappa shape index (κ1) is 14.6. The zero-order valence-electron chi connectivity index (χ0n) is 11.0. The lowest BCUT2D eigenvalue weighted by Gasteiger charge is -2.06. The number of benzene rings is 2. The number of rotatable bonds is 5. The van der Waals surface area contributed by atoms with Gasteiger partial charge < -0.3 is 10.5 Å². The molecular formula is C16H16BrNO2. The third kappa shape index (κ3) is 4.70. The molecule has 0 bridgehead atoms. The summed E-state index contributed by atoms with van der Waals surface area (Å²) in [5.74, 6) is -0.199. The van der Waals surface area contributed by atoms with Gasteiger partial charge in [0.15, 0.2) is 0 Å². The molecule has 0 saturated heterocycles. The first-order valence-electron chi connectivity index (χ1n) is 6.38. The van der Waals surface area contributed by atoms with Crippen LogP contribution in [-0.4, -0.2) is 5.97 Å². The fourth-order valence-electron chi connectivity index (χ4n) is 1.81. The number of nitrogens with two attached hydrogens (primary N) is 1. The molecule has 0 radical (unpaired) electrons. The fraction of sp³-hybridized carbons (Fsp3) is 0.188. The summed E-state index contributed by atoms with van der Waals surface area (Å²) < 4.78 is 6.24. The topological polar surface area (TPSA) is 52.3 Å². The summed E-state index contributed by atoms with van der Waals surface area (Å²) in [5.41, 5.74) is 8.43. The van der Waals surface area contributed by atoms with Crippen molar-refractivity contribution in [1.82, 2.24) is 0 Å². The highest BCUT2D eigenvalue weighted by molar-refractivity contribution is 9.10. The molecule has 0 unspecified atom stereocenters. The van der Waals surface area contributed by atoms with E-state index in [9.17, 15) is 4.79 Å². The number of carbonyl (C=O) groups is 1. The van der Waals surface area contributed by atoms with Crippen molar-refractivity contribution < 1.29 is 9.53 Å². The van der Waals surface area contributed by atoms with E-state index in [1.54, 1.807) is 0 Å². The molecule has 0 saturated carbocycles. The molecule has 2 aromatic rings. The molecule has 0 heterocycles. The zero-order chi connectivity index (χ0) is 14.4. The molecule has 2 N–H and O–H groups in total. The van der Waals surface area contributed by atoms with E-state index < -0.39 is 0 Å². The highest BCUT2D eigenvalue weighted by Gasteiger charge is 2.04. The first-order valence-corrected chi connectivity index (χ1v) is 7.17. The maximum atomic E-state index is 11.7. The molecule has 4 heteroatoms. The van der Waals surface area contributed by atoms with E-state index in [1.165, 1.54) is 0 Å².